The van der Waals surface area contributed by atoms with E-state index >= 15 is 0 Å². The fourth-order valence-corrected chi connectivity index (χ4v) is 3.65. The lowest BCUT2D eigenvalue weighted by atomic mass is 9.98. The van der Waals surface area contributed by atoms with Crippen molar-refractivity contribution in [3.63, 3.8) is 0 Å². The zero-order chi connectivity index (χ0) is 22.9. The Balaban J connectivity index is 1.76. The summed E-state index contributed by atoms with van der Waals surface area (Å²) in [6, 6.07) is 11.4. The topological polar surface area (TPSA) is 82.1 Å². The van der Waals surface area contributed by atoms with Gasteiger partial charge in [0.1, 0.15) is 0 Å². The predicted molar refractivity (Wildman–Crippen MR) is 119 cm³/mol. The number of carbonyl (C=O) groups excluding carboxylic acids is 3. The average molecular weight is 440 g/mol. The number of esters is 1. The Hall–Kier alpha value is -3.35. The lowest BCUT2D eigenvalue weighted by Gasteiger charge is -2.26. The summed E-state index contributed by atoms with van der Waals surface area (Å²) in [7, 11) is 0. The van der Waals surface area contributed by atoms with E-state index in [2.05, 4.69) is 0 Å². The Labute approximate surface area is 188 Å². The van der Waals surface area contributed by atoms with Crippen molar-refractivity contribution in [3.8, 4) is 11.5 Å². The highest BCUT2D eigenvalue weighted by atomic mass is 16.5. The second-order valence-corrected chi connectivity index (χ2v) is 7.42. The summed E-state index contributed by atoms with van der Waals surface area (Å²) in [4.78, 5) is 39.9. The summed E-state index contributed by atoms with van der Waals surface area (Å²) in [5.41, 5.74) is 0.687. The van der Waals surface area contributed by atoms with Crippen LogP contribution in [0.15, 0.2) is 42.5 Å². The Morgan fingerprint density at radius 3 is 2.19 bits per heavy atom. The molecule has 170 valence electrons. The van der Waals surface area contributed by atoms with E-state index in [0.29, 0.717) is 43.4 Å². The van der Waals surface area contributed by atoms with Crippen molar-refractivity contribution in [2.24, 2.45) is 0 Å². The predicted octanol–water partition coefficient (Wildman–Crippen LogP) is 3.88. The molecule has 0 aliphatic carbocycles. The van der Waals surface area contributed by atoms with E-state index in [-0.39, 0.29) is 29.4 Å². The minimum atomic E-state index is -0.699. The summed E-state index contributed by atoms with van der Waals surface area (Å²) in [6.45, 7) is 5.65. The number of amides is 1. The fraction of sp³-hybridized carbons (Fsp3) is 0.400. The molecule has 0 aromatic heterocycles. The fourth-order valence-electron chi connectivity index (χ4n) is 3.65. The van der Waals surface area contributed by atoms with Crippen LogP contribution in [0.4, 0.5) is 0 Å². The minimum absolute atomic E-state index is 0.121. The average Bonchev–Trinajstić information content (AvgIpc) is 2.83. The van der Waals surface area contributed by atoms with Crippen LogP contribution >= 0.6 is 0 Å². The van der Waals surface area contributed by atoms with Crippen LogP contribution in [-0.4, -0.2) is 55.5 Å². The van der Waals surface area contributed by atoms with Crippen molar-refractivity contribution in [3.05, 3.63) is 59.2 Å². The number of ketones is 1. The number of hydrogen-bond acceptors (Lipinski definition) is 6. The third kappa shape index (κ3) is 5.66. The van der Waals surface area contributed by atoms with E-state index in [1.165, 1.54) is 6.07 Å². The zero-order valence-corrected chi connectivity index (χ0v) is 18.6. The molecule has 1 fully saturated rings. The van der Waals surface area contributed by atoms with E-state index < -0.39 is 5.97 Å². The van der Waals surface area contributed by atoms with E-state index in [0.717, 1.165) is 19.3 Å². The van der Waals surface area contributed by atoms with Gasteiger partial charge in [-0.2, -0.15) is 0 Å². The van der Waals surface area contributed by atoms with Crippen molar-refractivity contribution in [1.82, 2.24) is 4.90 Å². The van der Waals surface area contributed by atoms with Gasteiger partial charge in [0, 0.05) is 24.2 Å². The van der Waals surface area contributed by atoms with Gasteiger partial charge in [-0.1, -0.05) is 18.2 Å². The zero-order valence-electron chi connectivity index (χ0n) is 18.6. The number of benzene rings is 2. The Morgan fingerprint density at radius 2 is 1.50 bits per heavy atom. The Bertz CT molecular complexity index is 965. The van der Waals surface area contributed by atoms with E-state index in [1.807, 2.05) is 13.8 Å². The maximum absolute atomic E-state index is 13.2. The van der Waals surface area contributed by atoms with Crippen LogP contribution in [0.3, 0.4) is 0 Å². The van der Waals surface area contributed by atoms with Crippen molar-refractivity contribution < 1.29 is 28.6 Å². The molecule has 1 amide bonds. The molecule has 0 unspecified atom stereocenters. The monoisotopic (exact) mass is 439 g/mol. The van der Waals surface area contributed by atoms with Crippen LogP contribution < -0.4 is 9.47 Å². The molecule has 0 spiro atoms. The molecule has 2 aromatic rings. The molecule has 1 aliphatic heterocycles. The first-order chi connectivity index (χ1) is 15.5. The van der Waals surface area contributed by atoms with Gasteiger partial charge in [0.15, 0.2) is 23.9 Å². The third-order valence-electron chi connectivity index (χ3n) is 5.23. The van der Waals surface area contributed by atoms with Crippen LogP contribution in [-0.2, 0) is 9.53 Å². The first-order valence-corrected chi connectivity index (χ1v) is 11.0. The van der Waals surface area contributed by atoms with Crippen molar-refractivity contribution in [2.75, 3.05) is 32.9 Å². The number of hydrogen-bond donors (Lipinski definition) is 0. The van der Waals surface area contributed by atoms with Gasteiger partial charge >= 0.3 is 5.97 Å². The van der Waals surface area contributed by atoms with Crippen LogP contribution in [0.25, 0.3) is 0 Å². The lowest BCUT2D eigenvalue weighted by Crippen LogP contribution is -2.38. The standard InChI is InChI=1S/C25H29NO6/c1-3-30-21-13-12-18(16-22(21)31-4-2)24(28)19-10-6-7-11-20(19)25(29)32-17-23(27)26-14-8-5-9-15-26/h6-7,10-13,16H,3-5,8-9,14-15,17H2,1-2H3. The molecule has 32 heavy (non-hydrogen) atoms. The number of ether oxygens (including phenoxy) is 3. The van der Waals surface area contributed by atoms with Gasteiger partial charge in [0.25, 0.3) is 5.91 Å². The smallest absolute Gasteiger partial charge is 0.339 e. The Kier molecular flexibility index (Phi) is 8.25. The summed E-state index contributed by atoms with van der Waals surface area (Å²) in [5.74, 6) is -0.240. The summed E-state index contributed by atoms with van der Waals surface area (Å²) >= 11 is 0. The first kappa shape index (κ1) is 23.3. The highest BCUT2D eigenvalue weighted by Gasteiger charge is 2.23. The summed E-state index contributed by atoms with van der Waals surface area (Å²) < 4.78 is 16.4. The van der Waals surface area contributed by atoms with Gasteiger partial charge in [-0.25, -0.2) is 4.79 Å². The molecule has 0 radical (unpaired) electrons. The Morgan fingerprint density at radius 1 is 0.844 bits per heavy atom. The molecule has 1 saturated heterocycles. The van der Waals surface area contributed by atoms with Gasteiger partial charge in [0.05, 0.1) is 18.8 Å². The number of carbonyl (C=O) groups is 3. The molecule has 0 N–H and O–H groups in total. The number of piperidine rings is 1. The molecule has 0 saturated carbocycles. The molecule has 1 aliphatic rings. The second-order valence-electron chi connectivity index (χ2n) is 7.42. The SMILES string of the molecule is CCOc1ccc(C(=O)c2ccccc2C(=O)OCC(=O)N2CCCCC2)cc1OCC. The molecule has 7 heteroatoms. The number of rotatable bonds is 9. The van der Waals surface area contributed by atoms with Gasteiger partial charge in [-0.15, -0.1) is 0 Å². The quantitative estimate of drug-likeness (QED) is 0.436. The van der Waals surface area contributed by atoms with Crippen LogP contribution in [0.1, 0.15) is 59.4 Å². The molecular weight excluding hydrogens is 410 g/mol. The summed E-state index contributed by atoms with van der Waals surface area (Å²) in [5, 5.41) is 0. The van der Waals surface area contributed by atoms with Crippen molar-refractivity contribution in [1.29, 1.82) is 0 Å². The normalized spacial score (nSPS) is 13.4. The molecule has 1 heterocycles. The highest BCUT2D eigenvalue weighted by molar-refractivity contribution is 6.14. The minimum Gasteiger partial charge on any atom is -0.490 e. The van der Waals surface area contributed by atoms with Gasteiger partial charge in [-0.3, -0.25) is 9.59 Å². The van der Waals surface area contributed by atoms with Crippen molar-refractivity contribution in [2.45, 2.75) is 33.1 Å². The molecule has 0 bridgehead atoms. The molecule has 2 aromatic carbocycles. The van der Waals surface area contributed by atoms with E-state index in [4.69, 9.17) is 14.2 Å². The molecular formula is C25H29NO6. The van der Waals surface area contributed by atoms with Gasteiger partial charge in [0.2, 0.25) is 0 Å². The largest absolute Gasteiger partial charge is 0.490 e. The number of likely N-dealkylation sites (tertiary alicyclic amines) is 1. The van der Waals surface area contributed by atoms with Crippen LogP contribution in [0.5, 0.6) is 11.5 Å². The van der Waals surface area contributed by atoms with Gasteiger partial charge < -0.3 is 19.1 Å². The van der Waals surface area contributed by atoms with Crippen molar-refractivity contribution >= 4 is 17.7 Å². The van der Waals surface area contributed by atoms with E-state index in [9.17, 15) is 14.4 Å². The maximum atomic E-state index is 13.2. The molecule has 7 nitrogen and oxygen atoms in total. The second kappa shape index (κ2) is 11.3. The number of nitrogens with zero attached hydrogens (tertiary/aromatic N) is 1. The molecule has 3 rings (SSSR count). The van der Waals surface area contributed by atoms with E-state index in [1.54, 1.807) is 41.3 Å². The maximum Gasteiger partial charge on any atom is 0.339 e. The lowest BCUT2D eigenvalue weighted by molar-refractivity contribution is -0.135. The summed E-state index contributed by atoms with van der Waals surface area (Å²) in [6.07, 6.45) is 3.03. The highest BCUT2D eigenvalue weighted by Crippen LogP contribution is 2.30. The first-order valence-electron chi connectivity index (χ1n) is 11.0. The van der Waals surface area contributed by atoms with Crippen LogP contribution in [0.2, 0.25) is 0 Å². The molecule has 0 atom stereocenters. The van der Waals surface area contributed by atoms with Gasteiger partial charge in [-0.05, 0) is 57.4 Å². The third-order valence-corrected chi connectivity index (χ3v) is 5.23. The van der Waals surface area contributed by atoms with Crippen LogP contribution in [0, 0.1) is 0 Å².